The highest BCUT2D eigenvalue weighted by molar-refractivity contribution is 5.73. The second kappa shape index (κ2) is 4.35. The molecule has 0 unspecified atom stereocenters. The highest BCUT2D eigenvalue weighted by Crippen LogP contribution is 2.12. The monoisotopic (exact) mass is 181 g/mol. The van der Waals surface area contributed by atoms with Gasteiger partial charge in [0.05, 0.1) is 12.0 Å². The molecule has 0 heterocycles. The molecule has 0 radical (unpaired) electrons. The molecule has 0 aliphatic carbocycles. The molecular formula is C7H13F2NO2. The van der Waals surface area contributed by atoms with E-state index in [1.165, 1.54) is 13.8 Å². The summed E-state index contributed by atoms with van der Waals surface area (Å²) in [5.74, 6) is -0.996. The highest BCUT2D eigenvalue weighted by atomic mass is 19.3. The molecule has 0 aliphatic heterocycles. The normalized spacial score (nSPS) is 12.1. The molecule has 0 fully saturated rings. The Kier molecular flexibility index (Phi) is 4.09. The van der Waals surface area contributed by atoms with Gasteiger partial charge in [-0.05, 0) is 13.8 Å². The van der Waals surface area contributed by atoms with Crippen LogP contribution in [0.15, 0.2) is 0 Å². The predicted octanol–water partition coefficient (Wildman–Crippen LogP) is 0.952. The van der Waals surface area contributed by atoms with Crippen molar-refractivity contribution in [3.63, 3.8) is 0 Å². The van der Waals surface area contributed by atoms with Crippen LogP contribution in [0.25, 0.3) is 0 Å². The highest BCUT2D eigenvalue weighted by Gasteiger charge is 2.26. The summed E-state index contributed by atoms with van der Waals surface area (Å²) in [6.45, 7) is 2.55. The Balaban J connectivity index is 3.69. The molecule has 0 amide bonds. The molecule has 0 aromatic heterocycles. The number of rotatable bonds is 5. The Morgan fingerprint density at radius 3 is 2.42 bits per heavy atom. The van der Waals surface area contributed by atoms with Gasteiger partial charge in [0.15, 0.2) is 0 Å². The molecule has 0 saturated heterocycles. The van der Waals surface area contributed by atoms with Crippen molar-refractivity contribution in [1.82, 2.24) is 5.32 Å². The van der Waals surface area contributed by atoms with Gasteiger partial charge in [-0.1, -0.05) is 0 Å². The van der Waals surface area contributed by atoms with Gasteiger partial charge in [0.1, 0.15) is 0 Å². The van der Waals surface area contributed by atoms with Crippen molar-refractivity contribution in [1.29, 1.82) is 0 Å². The van der Waals surface area contributed by atoms with Crippen molar-refractivity contribution in [2.24, 2.45) is 5.41 Å². The van der Waals surface area contributed by atoms with Crippen LogP contribution in [0.4, 0.5) is 8.78 Å². The average molecular weight is 181 g/mol. The molecule has 5 heteroatoms. The van der Waals surface area contributed by atoms with E-state index in [9.17, 15) is 13.6 Å². The Labute approximate surface area is 69.8 Å². The summed E-state index contributed by atoms with van der Waals surface area (Å²) in [6, 6.07) is 0. The average Bonchev–Trinajstić information content (AvgIpc) is 1.85. The summed E-state index contributed by atoms with van der Waals surface area (Å²) in [6.07, 6.45) is -2.44. The van der Waals surface area contributed by atoms with Gasteiger partial charge < -0.3 is 10.4 Å². The second-order valence-electron chi connectivity index (χ2n) is 3.21. The number of halogens is 2. The molecule has 72 valence electrons. The van der Waals surface area contributed by atoms with Crippen molar-refractivity contribution >= 4 is 5.97 Å². The van der Waals surface area contributed by atoms with E-state index in [1.807, 2.05) is 0 Å². The molecule has 0 spiro atoms. The van der Waals surface area contributed by atoms with E-state index < -0.39 is 24.4 Å². The number of hydrogen-bond acceptors (Lipinski definition) is 2. The third-order valence-corrected chi connectivity index (χ3v) is 1.44. The van der Waals surface area contributed by atoms with Gasteiger partial charge >= 0.3 is 5.97 Å². The number of aliphatic carboxylic acids is 1. The first-order valence-corrected chi connectivity index (χ1v) is 3.58. The van der Waals surface area contributed by atoms with Crippen LogP contribution in [-0.2, 0) is 4.79 Å². The maximum absolute atomic E-state index is 11.6. The zero-order chi connectivity index (χ0) is 9.78. The van der Waals surface area contributed by atoms with Crippen LogP contribution < -0.4 is 5.32 Å². The maximum atomic E-state index is 11.6. The summed E-state index contributed by atoms with van der Waals surface area (Å²) in [5, 5.41) is 11.0. The minimum atomic E-state index is -2.44. The van der Waals surface area contributed by atoms with Crippen LogP contribution in [0.3, 0.4) is 0 Å². The Morgan fingerprint density at radius 1 is 1.58 bits per heavy atom. The van der Waals surface area contributed by atoms with Gasteiger partial charge in [-0.2, -0.15) is 0 Å². The molecule has 2 N–H and O–H groups in total. The summed E-state index contributed by atoms with van der Waals surface area (Å²) in [4.78, 5) is 10.5. The molecular weight excluding hydrogens is 168 g/mol. The van der Waals surface area contributed by atoms with E-state index >= 15 is 0 Å². The fraction of sp³-hybridized carbons (Fsp3) is 0.857. The van der Waals surface area contributed by atoms with E-state index in [2.05, 4.69) is 5.32 Å². The van der Waals surface area contributed by atoms with Crippen LogP contribution in [-0.4, -0.2) is 30.6 Å². The Bertz CT molecular complexity index is 159. The Hall–Kier alpha value is -0.710. The first-order valence-electron chi connectivity index (χ1n) is 3.58. The fourth-order valence-corrected chi connectivity index (χ4v) is 0.569. The van der Waals surface area contributed by atoms with E-state index in [4.69, 9.17) is 5.11 Å². The largest absolute Gasteiger partial charge is 0.481 e. The lowest BCUT2D eigenvalue weighted by Gasteiger charge is -2.19. The third kappa shape index (κ3) is 4.23. The van der Waals surface area contributed by atoms with E-state index in [-0.39, 0.29) is 6.54 Å². The van der Waals surface area contributed by atoms with Crippen LogP contribution in [0.2, 0.25) is 0 Å². The van der Waals surface area contributed by atoms with Crippen molar-refractivity contribution in [2.45, 2.75) is 20.3 Å². The Morgan fingerprint density at radius 2 is 2.08 bits per heavy atom. The maximum Gasteiger partial charge on any atom is 0.310 e. The van der Waals surface area contributed by atoms with Crippen molar-refractivity contribution < 1.29 is 18.7 Å². The van der Waals surface area contributed by atoms with Gasteiger partial charge in [-0.3, -0.25) is 4.79 Å². The van der Waals surface area contributed by atoms with Gasteiger partial charge in [0, 0.05) is 6.54 Å². The third-order valence-electron chi connectivity index (χ3n) is 1.44. The first kappa shape index (κ1) is 11.3. The van der Waals surface area contributed by atoms with Crippen molar-refractivity contribution in [3.05, 3.63) is 0 Å². The quantitative estimate of drug-likeness (QED) is 0.664. The lowest BCUT2D eigenvalue weighted by molar-refractivity contribution is -0.146. The smallest absolute Gasteiger partial charge is 0.310 e. The van der Waals surface area contributed by atoms with Gasteiger partial charge in [-0.15, -0.1) is 0 Å². The standard InChI is InChI=1S/C7H13F2NO2/c1-7(2,6(11)12)4-10-3-5(8)9/h5,10H,3-4H2,1-2H3,(H,11,12). The molecule has 0 saturated carbocycles. The molecule has 0 aliphatic rings. The predicted molar refractivity (Wildman–Crippen MR) is 40.3 cm³/mol. The lowest BCUT2D eigenvalue weighted by atomic mass is 9.94. The van der Waals surface area contributed by atoms with Gasteiger partial charge in [0.25, 0.3) is 6.43 Å². The number of carbonyl (C=O) groups is 1. The van der Waals surface area contributed by atoms with Gasteiger partial charge in [-0.25, -0.2) is 8.78 Å². The summed E-state index contributed by atoms with van der Waals surface area (Å²) in [5.41, 5.74) is -0.991. The van der Waals surface area contributed by atoms with E-state index in [0.29, 0.717) is 0 Å². The molecule has 12 heavy (non-hydrogen) atoms. The zero-order valence-corrected chi connectivity index (χ0v) is 7.10. The molecule has 0 rings (SSSR count). The van der Waals surface area contributed by atoms with Crippen LogP contribution in [0.5, 0.6) is 0 Å². The minimum Gasteiger partial charge on any atom is -0.481 e. The molecule has 0 aromatic carbocycles. The number of nitrogens with one attached hydrogen (secondary N) is 1. The van der Waals surface area contributed by atoms with E-state index in [1.54, 1.807) is 0 Å². The van der Waals surface area contributed by atoms with Crippen LogP contribution in [0, 0.1) is 5.41 Å². The van der Waals surface area contributed by atoms with Crippen LogP contribution in [0.1, 0.15) is 13.8 Å². The van der Waals surface area contributed by atoms with E-state index in [0.717, 1.165) is 0 Å². The van der Waals surface area contributed by atoms with Crippen molar-refractivity contribution in [2.75, 3.05) is 13.1 Å². The number of carboxylic acid groups (broad SMARTS) is 1. The van der Waals surface area contributed by atoms with Crippen molar-refractivity contribution in [3.8, 4) is 0 Å². The first-order chi connectivity index (χ1) is 5.36. The number of carboxylic acids is 1. The fourth-order valence-electron chi connectivity index (χ4n) is 0.569. The molecule has 0 aromatic rings. The zero-order valence-electron chi connectivity index (χ0n) is 7.10. The van der Waals surface area contributed by atoms with Crippen LogP contribution >= 0.6 is 0 Å². The SMILES string of the molecule is CC(C)(CNCC(F)F)C(=O)O. The molecule has 0 bridgehead atoms. The topological polar surface area (TPSA) is 49.3 Å². The number of alkyl halides is 2. The molecule has 0 atom stereocenters. The molecule has 3 nitrogen and oxygen atoms in total. The lowest BCUT2D eigenvalue weighted by Crippen LogP contribution is -2.37. The summed E-state index contributed by atoms with van der Waals surface area (Å²) < 4.78 is 23.2. The number of hydrogen-bond donors (Lipinski definition) is 2. The summed E-state index contributed by atoms with van der Waals surface area (Å²) in [7, 11) is 0. The summed E-state index contributed by atoms with van der Waals surface area (Å²) >= 11 is 0. The minimum absolute atomic E-state index is 0.0483. The van der Waals surface area contributed by atoms with Gasteiger partial charge in [0.2, 0.25) is 0 Å². The second-order valence-corrected chi connectivity index (χ2v) is 3.21.